The number of hydrogen-bond donors (Lipinski definition) is 0. The van der Waals surface area contributed by atoms with Crippen LogP contribution in [0.1, 0.15) is 26.7 Å². The van der Waals surface area contributed by atoms with E-state index in [-0.39, 0.29) is 6.03 Å². The summed E-state index contributed by atoms with van der Waals surface area (Å²) < 4.78 is 0. The van der Waals surface area contributed by atoms with Crippen LogP contribution in [0.4, 0.5) is 10.5 Å². The van der Waals surface area contributed by atoms with Gasteiger partial charge in [-0.2, -0.15) is 0 Å². The molecule has 0 atom stereocenters. The molecule has 2 amide bonds. The second-order valence-electron chi connectivity index (χ2n) is 4.43. The lowest BCUT2D eigenvalue weighted by Gasteiger charge is -2.26. The van der Waals surface area contributed by atoms with Crippen LogP contribution < -0.4 is 4.90 Å². The highest BCUT2D eigenvalue weighted by Crippen LogP contribution is 2.22. The van der Waals surface area contributed by atoms with Crippen LogP contribution in [0.3, 0.4) is 0 Å². The Morgan fingerprint density at radius 1 is 1.12 bits per heavy atom. The van der Waals surface area contributed by atoms with E-state index in [0.29, 0.717) is 6.04 Å². The molecular weight excluding hydrogens is 212 g/mol. The van der Waals surface area contributed by atoms with Gasteiger partial charge < -0.3 is 4.90 Å². The monoisotopic (exact) mass is 232 g/mol. The van der Waals surface area contributed by atoms with Gasteiger partial charge in [0, 0.05) is 24.8 Å². The quantitative estimate of drug-likeness (QED) is 0.782. The van der Waals surface area contributed by atoms with Crippen LogP contribution in [0.25, 0.3) is 0 Å². The second-order valence-corrected chi connectivity index (χ2v) is 4.43. The minimum atomic E-state index is 0.157. The normalized spacial score (nSPS) is 16.1. The molecule has 1 aliphatic rings. The molecule has 0 aromatic heterocycles. The molecule has 0 saturated carbocycles. The minimum Gasteiger partial charge on any atom is -0.320 e. The first-order valence-corrected chi connectivity index (χ1v) is 6.41. The van der Waals surface area contributed by atoms with Crippen LogP contribution in [-0.2, 0) is 0 Å². The minimum absolute atomic E-state index is 0.157. The summed E-state index contributed by atoms with van der Waals surface area (Å²) >= 11 is 0. The molecule has 1 aliphatic heterocycles. The molecule has 1 fully saturated rings. The van der Waals surface area contributed by atoms with Crippen molar-refractivity contribution in [1.82, 2.24) is 4.90 Å². The number of anilines is 1. The van der Waals surface area contributed by atoms with Gasteiger partial charge >= 0.3 is 6.03 Å². The van der Waals surface area contributed by atoms with E-state index in [2.05, 4.69) is 13.8 Å². The van der Waals surface area contributed by atoms with Gasteiger partial charge in [0.1, 0.15) is 0 Å². The summed E-state index contributed by atoms with van der Waals surface area (Å²) in [6.45, 7) is 5.94. The van der Waals surface area contributed by atoms with E-state index in [1.807, 2.05) is 40.1 Å². The van der Waals surface area contributed by atoms with Gasteiger partial charge in [-0.05, 0) is 25.0 Å². The number of benzene rings is 1. The van der Waals surface area contributed by atoms with Crippen LogP contribution in [0.2, 0.25) is 0 Å². The molecule has 0 N–H and O–H groups in total. The zero-order chi connectivity index (χ0) is 12.3. The third kappa shape index (κ3) is 2.28. The van der Waals surface area contributed by atoms with Crippen molar-refractivity contribution in [2.24, 2.45) is 0 Å². The maximum Gasteiger partial charge on any atom is 0.324 e. The smallest absolute Gasteiger partial charge is 0.320 e. The summed E-state index contributed by atoms with van der Waals surface area (Å²) in [4.78, 5) is 16.2. The van der Waals surface area contributed by atoms with Crippen molar-refractivity contribution in [3.63, 3.8) is 0 Å². The Morgan fingerprint density at radius 3 is 2.35 bits per heavy atom. The number of rotatable bonds is 4. The van der Waals surface area contributed by atoms with E-state index in [1.54, 1.807) is 0 Å². The topological polar surface area (TPSA) is 23.6 Å². The summed E-state index contributed by atoms with van der Waals surface area (Å²) in [6.07, 6.45) is 2.07. The van der Waals surface area contributed by atoms with E-state index < -0.39 is 0 Å². The van der Waals surface area contributed by atoms with E-state index in [9.17, 15) is 4.79 Å². The molecule has 1 heterocycles. The van der Waals surface area contributed by atoms with Gasteiger partial charge in [0.15, 0.2) is 0 Å². The maximum atomic E-state index is 12.3. The van der Waals surface area contributed by atoms with Gasteiger partial charge in [0.2, 0.25) is 0 Å². The largest absolute Gasteiger partial charge is 0.324 e. The fraction of sp³-hybridized carbons (Fsp3) is 0.500. The van der Waals surface area contributed by atoms with Crippen molar-refractivity contribution < 1.29 is 4.79 Å². The van der Waals surface area contributed by atoms with Crippen molar-refractivity contribution in [1.29, 1.82) is 0 Å². The van der Waals surface area contributed by atoms with Crippen LogP contribution >= 0.6 is 0 Å². The molecule has 1 aromatic carbocycles. The number of nitrogens with zero attached hydrogens (tertiary/aromatic N) is 2. The predicted octanol–water partition coefficient (Wildman–Crippen LogP) is 3.12. The molecule has 0 unspecified atom stereocenters. The second kappa shape index (κ2) is 5.21. The Labute approximate surface area is 103 Å². The van der Waals surface area contributed by atoms with Gasteiger partial charge in [-0.15, -0.1) is 0 Å². The van der Waals surface area contributed by atoms with Gasteiger partial charge in [-0.25, -0.2) is 4.79 Å². The number of para-hydroxylation sites is 1. The molecule has 0 aliphatic carbocycles. The third-order valence-electron chi connectivity index (χ3n) is 3.49. The Bertz CT molecular complexity index is 373. The van der Waals surface area contributed by atoms with Gasteiger partial charge in [0.25, 0.3) is 0 Å². The zero-order valence-corrected chi connectivity index (χ0v) is 10.6. The van der Waals surface area contributed by atoms with Gasteiger partial charge in [-0.1, -0.05) is 32.0 Å². The number of amides is 2. The lowest BCUT2D eigenvalue weighted by atomic mass is 10.1. The van der Waals surface area contributed by atoms with Gasteiger partial charge in [-0.3, -0.25) is 4.90 Å². The van der Waals surface area contributed by atoms with Crippen molar-refractivity contribution in [2.45, 2.75) is 32.7 Å². The predicted molar refractivity (Wildman–Crippen MR) is 70.3 cm³/mol. The average Bonchev–Trinajstić information content (AvgIpc) is 2.75. The lowest BCUT2D eigenvalue weighted by Crippen LogP contribution is -2.38. The van der Waals surface area contributed by atoms with Crippen LogP contribution in [-0.4, -0.2) is 30.1 Å². The molecule has 17 heavy (non-hydrogen) atoms. The molecule has 0 radical (unpaired) electrons. The number of carbonyl (C=O) groups is 1. The SMILES string of the molecule is CCC(CC)N1CCN(c2ccccc2)C1=O. The van der Waals surface area contributed by atoms with E-state index in [4.69, 9.17) is 0 Å². The zero-order valence-electron chi connectivity index (χ0n) is 10.6. The molecule has 92 valence electrons. The highest BCUT2D eigenvalue weighted by Gasteiger charge is 2.32. The molecular formula is C14H20N2O. The summed E-state index contributed by atoms with van der Waals surface area (Å²) in [5.74, 6) is 0. The molecule has 0 spiro atoms. The first-order chi connectivity index (χ1) is 8.27. The average molecular weight is 232 g/mol. The van der Waals surface area contributed by atoms with Gasteiger partial charge in [0.05, 0.1) is 0 Å². The molecule has 2 rings (SSSR count). The fourth-order valence-electron chi connectivity index (χ4n) is 2.47. The molecule has 3 nitrogen and oxygen atoms in total. The first-order valence-electron chi connectivity index (χ1n) is 6.41. The summed E-state index contributed by atoms with van der Waals surface area (Å²) in [5.41, 5.74) is 1.01. The summed E-state index contributed by atoms with van der Waals surface area (Å²) in [7, 11) is 0. The molecule has 0 bridgehead atoms. The van der Waals surface area contributed by atoms with Crippen LogP contribution in [0.15, 0.2) is 30.3 Å². The van der Waals surface area contributed by atoms with E-state index in [1.165, 1.54) is 0 Å². The van der Waals surface area contributed by atoms with Crippen LogP contribution in [0.5, 0.6) is 0 Å². The number of urea groups is 1. The van der Waals surface area contributed by atoms with Crippen molar-refractivity contribution >= 4 is 11.7 Å². The Balaban J connectivity index is 2.13. The first kappa shape index (κ1) is 12.0. The van der Waals surface area contributed by atoms with E-state index in [0.717, 1.165) is 31.6 Å². The highest BCUT2D eigenvalue weighted by atomic mass is 16.2. The molecule has 3 heteroatoms. The molecule has 1 aromatic rings. The van der Waals surface area contributed by atoms with Crippen molar-refractivity contribution in [2.75, 3.05) is 18.0 Å². The maximum absolute atomic E-state index is 12.3. The Hall–Kier alpha value is -1.51. The number of hydrogen-bond acceptors (Lipinski definition) is 1. The highest BCUT2D eigenvalue weighted by molar-refractivity contribution is 5.94. The third-order valence-corrected chi connectivity index (χ3v) is 3.49. The Kier molecular flexibility index (Phi) is 3.67. The standard InChI is InChI=1S/C14H20N2O/c1-3-12(4-2)15-10-11-16(14(15)17)13-8-6-5-7-9-13/h5-9,12H,3-4,10-11H2,1-2H3. The Morgan fingerprint density at radius 2 is 1.76 bits per heavy atom. The fourth-order valence-corrected chi connectivity index (χ4v) is 2.47. The van der Waals surface area contributed by atoms with Crippen molar-refractivity contribution in [3.05, 3.63) is 30.3 Å². The van der Waals surface area contributed by atoms with Crippen LogP contribution in [0, 0.1) is 0 Å². The number of carbonyl (C=O) groups excluding carboxylic acids is 1. The van der Waals surface area contributed by atoms with Crippen molar-refractivity contribution in [3.8, 4) is 0 Å². The summed E-state index contributed by atoms with van der Waals surface area (Å²) in [5, 5.41) is 0. The molecule has 1 saturated heterocycles. The lowest BCUT2D eigenvalue weighted by molar-refractivity contribution is 0.196. The summed E-state index contributed by atoms with van der Waals surface area (Å²) in [6, 6.07) is 10.5. The van der Waals surface area contributed by atoms with E-state index >= 15 is 0 Å².